The van der Waals surface area contributed by atoms with Crippen LogP contribution in [0, 0.1) is 0 Å². The van der Waals surface area contributed by atoms with Gasteiger partial charge in [-0.1, -0.05) is 18.2 Å². The molecule has 0 unspecified atom stereocenters. The van der Waals surface area contributed by atoms with Crippen LogP contribution in [-0.2, 0) is 11.3 Å². The monoisotopic (exact) mass is 325 g/mol. The van der Waals surface area contributed by atoms with Gasteiger partial charge in [-0.05, 0) is 29.3 Å². The standard InChI is InChI=1S/C19H23N3O2/c1-15(23)22-11-10-21(13-16-4-3-9-20-12-16)14-19(22)17-5-7-18(24-2)8-6-17/h3-9,12,19H,10-11,13-14H2,1-2H3/t19-/m1/s1. The topological polar surface area (TPSA) is 45.7 Å². The second-order valence-corrected chi connectivity index (χ2v) is 6.10. The first-order valence-electron chi connectivity index (χ1n) is 8.20. The molecule has 0 N–H and O–H groups in total. The summed E-state index contributed by atoms with van der Waals surface area (Å²) in [5.74, 6) is 0.952. The van der Waals surface area contributed by atoms with Gasteiger partial charge in [0.25, 0.3) is 0 Å². The fraction of sp³-hybridized carbons (Fsp3) is 0.368. The third-order valence-corrected chi connectivity index (χ3v) is 4.50. The van der Waals surface area contributed by atoms with Gasteiger partial charge in [-0.25, -0.2) is 0 Å². The van der Waals surface area contributed by atoms with Crippen LogP contribution in [0.4, 0.5) is 0 Å². The van der Waals surface area contributed by atoms with Gasteiger partial charge in [0.15, 0.2) is 0 Å². The van der Waals surface area contributed by atoms with Gasteiger partial charge in [0, 0.05) is 45.5 Å². The van der Waals surface area contributed by atoms with E-state index in [0.29, 0.717) is 0 Å². The van der Waals surface area contributed by atoms with Gasteiger partial charge < -0.3 is 9.64 Å². The lowest BCUT2D eigenvalue weighted by molar-refractivity contribution is -0.134. The van der Waals surface area contributed by atoms with Crippen LogP contribution >= 0.6 is 0 Å². The van der Waals surface area contributed by atoms with E-state index >= 15 is 0 Å². The summed E-state index contributed by atoms with van der Waals surface area (Å²) in [5, 5.41) is 0. The Morgan fingerprint density at radius 3 is 2.67 bits per heavy atom. The lowest BCUT2D eigenvalue weighted by Gasteiger charge is -2.41. The molecule has 1 aliphatic rings. The van der Waals surface area contributed by atoms with E-state index in [1.165, 1.54) is 5.56 Å². The van der Waals surface area contributed by atoms with Gasteiger partial charge in [-0.15, -0.1) is 0 Å². The van der Waals surface area contributed by atoms with Crippen molar-refractivity contribution in [3.8, 4) is 5.75 Å². The van der Waals surface area contributed by atoms with Crippen molar-refractivity contribution in [2.45, 2.75) is 19.5 Å². The molecule has 1 atom stereocenters. The van der Waals surface area contributed by atoms with Crippen LogP contribution in [0.1, 0.15) is 24.1 Å². The zero-order chi connectivity index (χ0) is 16.9. The number of carbonyl (C=O) groups is 1. The van der Waals surface area contributed by atoms with E-state index < -0.39 is 0 Å². The average molecular weight is 325 g/mol. The number of ether oxygens (including phenoxy) is 1. The molecule has 1 fully saturated rings. The fourth-order valence-electron chi connectivity index (χ4n) is 3.22. The summed E-state index contributed by atoms with van der Waals surface area (Å²) < 4.78 is 5.23. The quantitative estimate of drug-likeness (QED) is 0.866. The van der Waals surface area contributed by atoms with Crippen LogP contribution in [0.5, 0.6) is 5.75 Å². The molecule has 0 radical (unpaired) electrons. The Kier molecular flexibility index (Phi) is 5.11. The number of pyridine rings is 1. The highest BCUT2D eigenvalue weighted by Gasteiger charge is 2.29. The largest absolute Gasteiger partial charge is 0.497 e. The first-order chi connectivity index (χ1) is 11.7. The van der Waals surface area contributed by atoms with Gasteiger partial charge in [-0.3, -0.25) is 14.7 Å². The lowest BCUT2D eigenvalue weighted by atomic mass is 10.0. The van der Waals surface area contributed by atoms with E-state index in [9.17, 15) is 4.79 Å². The number of hydrogen-bond acceptors (Lipinski definition) is 4. The van der Waals surface area contributed by atoms with Crippen LogP contribution in [-0.4, -0.2) is 47.4 Å². The van der Waals surface area contributed by atoms with E-state index in [1.54, 1.807) is 20.2 Å². The van der Waals surface area contributed by atoms with Crippen LogP contribution < -0.4 is 4.74 Å². The number of carbonyl (C=O) groups excluding carboxylic acids is 1. The summed E-state index contributed by atoms with van der Waals surface area (Å²) in [7, 11) is 1.66. The maximum Gasteiger partial charge on any atom is 0.220 e. The number of piperazine rings is 1. The van der Waals surface area contributed by atoms with Crippen molar-refractivity contribution in [2.75, 3.05) is 26.7 Å². The molecule has 2 heterocycles. The number of hydrogen-bond donors (Lipinski definition) is 0. The second-order valence-electron chi connectivity index (χ2n) is 6.10. The summed E-state index contributed by atoms with van der Waals surface area (Å²) in [4.78, 5) is 20.6. The molecule has 1 aromatic heterocycles. The summed E-state index contributed by atoms with van der Waals surface area (Å²) >= 11 is 0. The minimum atomic E-state index is 0.0684. The SMILES string of the molecule is COc1ccc([C@H]2CN(Cc3cccnc3)CCN2C(C)=O)cc1. The molecule has 0 bridgehead atoms. The first kappa shape index (κ1) is 16.5. The summed E-state index contributed by atoms with van der Waals surface area (Å²) in [6, 6.07) is 12.1. The molecule has 5 heteroatoms. The van der Waals surface area contributed by atoms with E-state index in [1.807, 2.05) is 41.4 Å². The number of benzene rings is 1. The Hall–Kier alpha value is -2.40. The van der Waals surface area contributed by atoms with Crippen LogP contribution in [0.3, 0.4) is 0 Å². The molecule has 0 saturated carbocycles. The molecule has 0 spiro atoms. The van der Waals surface area contributed by atoms with Gasteiger partial charge in [0.2, 0.25) is 5.91 Å². The molecule has 126 valence electrons. The molecule has 5 nitrogen and oxygen atoms in total. The molecule has 1 aliphatic heterocycles. The third-order valence-electron chi connectivity index (χ3n) is 4.50. The molecule has 1 saturated heterocycles. The number of rotatable bonds is 4. The summed E-state index contributed by atoms with van der Waals surface area (Å²) in [6.07, 6.45) is 3.69. The number of nitrogens with zero attached hydrogens (tertiary/aromatic N) is 3. The van der Waals surface area contributed by atoms with Crippen molar-refractivity contribution in [3.63, 3.8) is 0 Å². The Balaban J connectivity index is 1.77. The van der Waals surface area contributed by atoms with Crippen molar-refractivity contribution in [2.24, 2.45) is 0 Å². The number of methoxy groups -OCH3 is 1. The first-order valence-corrected chi connectivity index (χ1v) is 8.20. The smallest absolute Gasteiger partial charge is 0.220 e. The molecule has 3 rings (SSSR count). The second kappa shape index (κ2) is 7.45. The zero-order valence-electron chi connectivity index (χ0n) is 14.2. The molecular formula is C19H23N3O2. The zero-order valence-corrected chi connectivity index (χ0v) is 14.2. The van der Waals surface area contributed by atoms with E-state index in [4.69, 9.17) is 4.74 Å². The molecule has 0 aliphatic carbocycles. The molecule has 1 amide bonds. The number of amides is 1. The van der Waals surface area contributed by atoms with Crippen LogP contribution in [0.15, 0.2) is 48.8 Å². The maximum absolute atomic E-state index is 12.0. The van der Waals surface area contributed by atoms with Gasteiger partial charge in [0.1, 0.15) is 5.75 Å². The minimum absolute atomic E-state index is 0.0684. The molecule has 2 aromatic rings. The van der Waals surface area contributed by atoms with E-state index in [0.717, 1.165) is 37.5 Å². The third kappa shape index (κ3) is 3.74. The van der Waals surface area contributed by atoms with Crippen molar-refractivity contribution in [1.82, 2.24) is 14.8 Å². The van der Waals surface area contributed by atoms with Crippen LogP contribution in [0.2, 0.25) is 0 Å². The van der Waals surface area contributed by atoms with Gasteiger partial charge >= 0.3 is 0 Å². The normalized spacial score (nSPS) is 18.4. The number of aromatic nitrogens is 1. The Morgan fingerprint density at radius 2 is 2.04 bits per heavy atom. The van der Waals surface area contributed by atoms with E-state index in [2.05, 4.69) is 16.0 Å². The average Bonchev–Trinajstić information content (AvgIpc) is 2.62. The van der Waals surface area contributed by atoms with Crippen LogP contribution in [0.25, 0.3) is 0 Å². The summed E-state index contributed by atoms with van der Waals surface area (Å²) in [6.45, 7) is 4.94. The van der Waals surface area contributed by atoms with Crippen molar-refractivity contribution in [1.29, 1.82) is 0 Å². The lowest BCUT2D eigenvalue weighted by Crippen LogP contribution is -2.49. The predicted molar refractivity (Wildman–Crippen MR) is 92.6 cm³/mol. The van der Waals surface area contributed by atoms with E-state index in [-0.39, 0.29) is 11.9 Å². The molecule has 1 aromatic carbocycles. The molecule has 24 heavy (non-hydrogen) atoms. The summed E-state index contributed by atoms with van der Waals surface area (Å²) in [5.41, 5.74) is 2.34. The van der Waals surface area contributed by atoms with Crippen molar-refractivity contribution in [3.05, 3.63) is 59.9 Å². The Labute approximate surface area is 142 Å². The van der Waals surface area contributed by atoms with Crippen molar-refractivity contribution < 1.29 is 9.53 Å². The van der Waals surface area contributed by atoms with Gasteiger partial charge in [0.05, 0.1) is 13.2 Å². The van der Waals surface area contributed by atoms with Gasteiger partial charge in [-0.2, -0.15) is 0 Å². The highest BCUT2D eigenvalue weighted by molar-refractivity contribution is 5.74. The molecular weight excluding hydrogens is 302 g/mol. The maximum atomic E-state index is 12.0. The highest BCUT2D eigenvalue weighted by atomic mass is 16.5. The Bertz CT molecular complexity index is 673. The predicted octanol–water partition coefficient (Wildman–Crippen LogP) is 2.50. The fourth-order valence-corrected chi connectivity index (χ4v) is 3.22. The van der Waals surface area contributed by atoms with Crippen molar-refractivity contribution >= 4 is 5.91 Å². The highest BCUT2D eigenvalue weighted by Crippen LogP contribution is 2.27. The minimum Gasteiger partial charge on any atom is -0.497 e. The Morgan fingerprint density at radius 1 is 1.25 bits per heavy atom.